The number of hydrogen-bond donors (Lipinski definition) is 1. The molecule has 0 unspecified atom stereocenters. The lowest BCUT2D eigenvalue weighted by atomic mass is 10.2. The molecule has 0 spiro atoms. The van der Waals surface area contributed by atoms with Crippen molar-refractivity contribution in [3.63, 3.8) is 0 Å². The minimum Gasteiger partial charge on any atom is -0.365 e. The number of carbonyl (C=O) groups excluding carboxylic acids is 1. The van der Waals surface area contributed by atoms with Gasteiger partial charge < -0.3 is 10.1 Å². The van der Waals surface area contributed by atoms with Crippen LogP contribution in [0.3, 0.4) is 0 Å². The highest BCUT2D eigenvalue weighted by atomic mass is 32.1. The topological polar surface area (TPSA) is 42.0 Å². The fraction of sp³-hybridized carbons (Fsp3) is 0.500. The Kier molecular flexibility index (Phi) is 3.22. The molecule has 0 bridgehead atoms. The minimum atomic E-state index is 0.589. The summed E-state index contributed by atoms with van der Waals surface area (Å²) in [4.78, 5) is 15.6. The van der Waals surface area contributed by atoms with E-state index in [9.17, 15) is 4.79 Å². The summed E-state index contributed by atoms with van der Waals surface area (Å²) in [5.41, 5.74) is 1.03. The number of carbonyl (C=O) groups is 1. The molecule has 4 heteroatoms. The number of aromatic nitrogens is 1. The molecule has 0 radical (unpaired) electrons. The molecule has 0 saturated carbocycles. The second-order valence-corrected chi connectivity index (χ2v) is 3.57. The second-order valence-electron chi connectivity index (χ2n) is 2.48. The van der Waals surface area contributed by atoms with Crippen molar-refractivity contribution in [2.45, 2.75) is 19.8 Å². The van der Waals surface area contributed by atoms with Crippen molar-refractivity contribution < 1.29 is 4.79 Å². The van der Waals surface area contributed by atoms with Crippen LogP contribution in [0, 0.1) is 6.92 Å². The highest BCUT2D eigenvalue weighted by molar-refractivity contribution is 7.15. The number of aryl methyl sites for hydroxylation is 2. The molecule has 12 heavy (non-hydrogen) atoms. The van der Waals surface area contributed by atoms with Crippen LogP contribution < -0.4 is 5.32 Å². The molecule has 0 fully saturated rings. The third kappa shape index (κ3) is 2.04. The Balaban J connectivity index is 2.70. The fourth-order valence-corrected chi connectivity index (χ4v) is 1.89. The average molecular weight is 184 g/mol. The van der Waals surface area contributed by atoms with Gasteiger partial charge in [-0.05, 0) is 13.3 Å². The van der Waals surface area contributed by atoms with Gasteiger partial charge in [0, 0.05) is 18.3 Å². The molecule has 1 aromatic heterocycles. The minimum absolute atomic E-state index is 0.589. The summed E-state index contributed by atoms with van der Waals surface area (Å²) in [5, 5.41) is 3.91. The van der Waals surface area contributed by atoms with Gasteiger partial charge in [-0.25, -0.2) is 4.98 Å². The van der Waals surface area contributed by atoms with Crippen molar-refractivity contribution in [3.8, 4) is 0 Å². The first-order valence-corrected chi connectivity index (χ1v) is 4.67. The SMILES string of the molecule is CNc1nc(C)c(CCC=O)s1. The third-order valence-corrected chi connectivity index (χ3v) is 2.83. The maximum Gasteiger partial charge on any atom is 0.182 e. The van der Waals surface area contributed by atoms with E-state index < -0.39 is 0 Å². The van der Waals surface area contributed by atoms with E-state index in [-0.39, 0.29) is 0 Å². The highest BCUT2D eigenvalue weighted by Crippen LogP contribution is 2.22. The molecule has 1 rings (SSSR count). The number of rotatable bonds is 4. The fourth-order valence-electron chi connectivity index (χ4n) is 0.957. The van der Waals surface area contributed by atoms with Gasteiger partial charge in [0.15, 0.2) is 5.13 Å². The zero-order valence-electron chi connectivity index (χ0n) is 7.26. The summed E-state index contributed by atoms with van der Waals surface area (Å²) in [6, 6.07) is 0. The molecule has 0 aromatic carbocycles. The molecule has 0 atom stereocenters. The van der Waals surface area contributed by atoms with Gasteiger partial charge in [0.25, 0.3) is 0 Å². The van der Waals surface area contributed by atoms with Gasteiger partial charge in [0.2, 0.25) is 0 Å². The first-order valence-electron chi connectivity index (χ1n) is 3.85. The lowest BCUT2D eigenvalue weighted by Gasteiger charge is -1.90. The van der Waals surface area contributed by atoms with Crippen LogP contribution in [0.4, 0.5) is 5.13 Å². The summed E-state index contributed by atoms with van der Waals surface area (Å²) in [5.74, 6) is 0. The first kappa shape index (κ1) is 9.19. The molecule has 0 amide bonds. The van der Waals surface area contributed by atoms with Crippen LogP contribution in [0.5, 0.6) is 0 Å². The number of thiazole rings is 1. The molecule has 0 aliphatic carbocycles. The maximum absolute atomic E-state index is 10.1. The number of nitrogens with zero attached hydrogens (tertiary/aromatic N) is 1. The summed E-state index contributed by atoms with van der Waals surface area (Å²) in [6.07, 6.45) is 2.35. The Hall–Kier alpha value is -0.900. The van der Waals surface area contributed by atoms with Crippen molar-refractivity contribution in [3.05, 3.63) is 10.6 Å². The Labute approximate surface area is 75.8 Å². The molecule has 0 saturated heterocycles. The van der Waals surface area contributed by atoms with E-state index in [0.29, 0.717) is 6.42 Å². The lowest BCUT2D eigenvalue weighted by molar-refractivity contribution is -0.107. The normalized spacial score (nSPS) is 9.83. The summed E-state index contributed by atoms with van der Waals surface area (Å²) in [6.45, 7) is 1.97. The monoisotopic (exact) mass is 184 g/mol. The third-order valence-electron chi connectivity index (χ3n) is 1.60. The van der Waals surface area contributed by atoms with E-state index >= 15 is 0 Å². The smallest absolute Gasteiger partial charge is 0.182 e. The predicted molar refractivity (Wildman–Crippen MR) is 50.8 cm³/mol. The molecule has 66 valence electrons. The standard InChI is InChI=1S/C8H12N2OS/c1-6-7(4-3-5-11)12-8(9-2)10-6/h5H,3-4H2,1-2H3,(H,9,10). The summed E-state index contributed by atoms with van der Waals surface area (Å²) < 4.78 is 0. The van der Waals surface area contributed by atoms with Crippen LogP contribution in [0.15, 0.2) is 0 Å². The van der Waals surface area contributed by atoms with E-state index in [1.165, 1.54) is 4.88 Å². The van der Waals surface area contributed by atoms with E-state index in [0.717, 1.165) is 23.5 Å². The molecule has 1 heterocycles. The Morgan fingerprint density at radius 3 is 2.92 bits per heavy atom. The van der Waals surface area contributed by atoms with Crippen LogP contribution >= 0.6 is 11.3 Å². The van der Waals surface area contributed by atoms with Crippen molar-refractivity contribution >= 4 is 22.8 Å². The largest absolute Gasteiger partial charge is 0.365 e. The van der Waals surface area contributed by atoms with Crippen LogP contribution in [0.2, 0.25) is 0 Å². The molecular formula is C8H12N2OS. The molecule has 0 aliphatic rings. The molecule has 1 aromatic rings. The number of nitrogens with one attached hydrogen (secondary N) is 1. The van der Waals surface area contributed by atoms with Gasteiger partial charge in [-0.3, -0.25) is 0 Å². The molecule has 0 aliphatic heterocycles. The Morgan fingerprint density at radius 2 is 2.42 bits per heavy atom. The zero-order chi connectivity index (χ0) is 8.97. The number of aldehydes is 1. The van der Waals surface area contributed by atoms with E-state index in [1.54, 1.807) is 11.3 Å². The zero-order valence-corrected chi connectivity index (χ0v) is 8.07. The van der Waals surface area contributed by atoms with Gasteiger partial charge in [-0.2, -0.15) is 0 Å². The van der Waals surface area contributed by atoms with Crippen molar-refractivity contribution in [2.24, 2.45) is 0 Å². The van der Waals surface area contributed by atoms with E-state index in [1.807, 2.05) is 14.0 Å². The Morgan fingerprint density at radius 1 is 1.67 bits per heavy atom. The van der Waals surface area contributed by atoms with Crippen LogP contribution in [0.25, 0.3) is 0 Å². The highest BCUT2D eigenvalue weighted by Gasteiger charge is 2.04. The summed E-state index contributed by atoms with van der Waals surface area (Å²) in [7, 11) is 1.85. The Bertz CT molecular complexity index is 270. The quantitative estimate of drug-likeness (QED) is 0.723. The molecule has 1 N–H and O–H groups in total. The second kappa shape index (κ2) is 4.21. The first-order chi connectivity index (χ1) is 5.77. The van der Waals surface area contributed by atoms with E-state index in [2.05, 4.69) is 10.3 Å². The van der Waals surface area contributed by atoms with Crippen LogP contribution in [-0.2, 0) is 11.2 Å². The lowest BCUT2D eigenvalue weighted by Crippen LogP contribution is -1.86. The van der Waals surface area contributed by atoms with Crippen molar-refractivity contribution in [2.75, 3.05) is 12.4 Å². The maximum atomic E-state index is 10.1. The van der Waals surface area contributed by atoms with Crippen LogP contribution in [0.1, 0.15) is 17.0 Å². The van der Waals surface area contributed by atoms with Crippen LogP contribution in [-0.4, -0.2) is 18.3 Å². The van der Waals surface area contributed by atoms with Gasteiger partial charge in [-0.15, -0.1) is 11.3 Å². The van der Waals surface area contributed by atoms with Gasteiger partial charge in [0.1, 0.15) is 6.29 Å². The average Bonchev–Trinajstić information content (AvgIpc) is 2.43. The number of anilines is 1. The molecule has 3 nitrogen and oxygen atoms in total. The predicted octanol–water partition coefficient (Wildman–Crippen LogP) is 1.62. The summed E-state index contributed by atoms with van der Waals surface area (Å²) >= 11 is 1.62. The molecular weight excluding hydrogens is 172 g/mol. The van der Waals surface area contributed by atoms with Gasteiger partial charge in [-0.1, -0.05) is 0 Å². The van der Waals surface area contributed by atoms with E-state index in [4.69, 9.17) is 0 Å². The van der Waals surface area contributed by atoms with Crippen molar-refractivity contribution in [1.82, 2.24) is 4.98 Å². The van der Waals surface area contributed by atoms with Gasteiger partial charge >= 0.3 is 0 Å². The van der Waals surface area contributed by atoms with Gasteiger partial charge in [0.05, 0.1) is 5.69 Å². The number of hydrogen-bond acceptors (Lipinski definition) is 4. The van der Waals surface area contributed by atoms with Crippen molar-refractivity contribution in [1.29, 1.82) is 0 Å².